The molecule has 0 radical (unpaired) electrons. The number of esters is 1. The number of hydrogen-bond donors (Lipinski definition) is 2. The van der Waals surface area contributed by atoms with Crippen LogP contribution in [-0.4, -0.2) is 36.9 Å². The highest BCUT2D eigenvalue weighted by molar-refractivity contribution is 5.71. The number of hydrogen-bond acceptors (Lipinski definition) is 4. The fraction of sp³-hybridized carbons (Fsp3) is 0.909. The van der Waals surface area contributed by atoms with Crippen LogP contribution in [0.3, 0.4) is 0 Å². The Balaban J connectivity index is 3.27. The average molecular weight is 217 g/mol. The molecule has 0 aliphatic carbocycles. The SMILES string of the molecule is CC(CO)CCCNCC(=O)OC(C)C. The summed E-state index contributed by atoms with van der Waals surface area (Å²) in [6, 6.07) is 0. The van der Waals surface area contributed by atoms with Crippen molar-refractivity contribution < 1.29 is 14.6 Å². The van der Waals surface area contributed by atoms with Gasteiger partial charge < -0.3 is 15.2 Å². The van der Waals surface area contributed by atoms with Crippen LogP contribution in [0, 0.1) is 5.92 Å². The minimum absolute atomic E-state index is 0.0475. The Morgan fingerprint density at radius 1 is 1.40 bits per heavy atom. The van der Waals surface area contributed by atoms with Crippen molar-refractivity contribution in [1.82, 2.24) is 5.32 Å². The van der Waals surface area contributed by atoms with Crippen LogP contribution in [0.5, 0.6) is 0 Å². The first-order chi connectivity index (χ1) is 7.06. The molecule has 2 N–H and O–H groups in total. The topological polar surface area (TPSA) is 58.6 Å². The smallest absolute Gasteiger partial charge is 0.320 e. The number of ether oxygens (including phenoxy) is 1. The van der Waals surface area contributed by atoms with Crippen LogP contribution < -0.4 is 5.32 Å². The van der Waals surface area contributed by atoms with E-state index in [1.165, 1.54) is 0 Å². The van der Waals surface area contributed by atoms with Gasteiger partial charge in [0.1, 0.15) is 0 Å². The molecule has 0 rings (SSSR count). The lowest BCUT2D eigenvalue weighted by atomic mass is 10.1. The van der Waals surface area contributed by atoms with Crippen molar-refractivity contribution in [3.63, 3.8) is 0 Å². The van der Waals surface area contributed by atoms with Crippen LogP contribution in [-0.2, 0) is 9.53 Å². The molecule has 1 unspecified atom stereocenters. The summed E-state index contributed by atoms with van der Waals surface area (Å²) >= 11 is 0. The highest BCUT2D eigenvalue weighted by atomic mass is 16.5. The number of aliphatic hydroxyl groups excluding tert-OH is 1. The van der Waals surface area contributed by atoms with Crippen LogP contribution >= 0.6 is 0 Å². The van der Waals surface area contributed by atoms with Crippen molar-refractivity contribution in [2.45, 2.75) is 39.7 Å². The standard InChI is InChI=1S/C11H23NO3/c1-9(2)15-11(14)7-12-6-4-5-10(3)8-13/h9-10,12-13H,4-8H2,1-3H3. The van der Waals surface area contributed by atoms with Crippen molar-refractivity contribution >= 4 is 5.97 Å². The molecule has 0 amide bonds. The van der Waals surface area contributed by atoms with Crippen LogP contribution in [0.25, 0.3) is 0 Å². The van der Waals surface area contributed by atoms with Gasteiger partial charge in [0.25, 0.3) is 0 Å². The second-order valence-electron chi connectivity index (χ2n) is 4.15. The Hall–Kier alpha value is -0.610. The molecule has 0 fully saturated rings. The first-order valence-electron chi connectivity index (χ1n) is 5.57. The summed E-state index contributed by atoms with van der Waals surface area (Å²) in [6.45, 7) is 6.97. The molecule has 0 aromatic carbocycles. The fourth-order valence-electron chi connectivity index (χ4n) is 1.16. The number of carbonyl (C=O) groups excluding carboxylic acids is 1. The maximum Gasteiger partial charge on any atom is 0.320 e. The Bertz CT molecular complexity index is 171. The molecule has 0 aliphatic heterocycles. The molecule has 90 valence electrons. The van der Waals surface area contributed by atoms with Crippen molar-refractivity contribution in [3.8, 4) is 0 Å². The number of aliphatic hydroxyl groups is 1. The van der Waals surface area contributed by atoms with Gasteiger partial charge in [0.05, 0.1) is 12.6 Å². The van der Waals surface area contributed by atoms with Gasteiger partial charge in [-0.15, -0.1) is 0 Å². The summed E-state index contributed by atoms with van der Waals surface area (Å²) < 4.78 is 4.96. The molecule has 0 aromatic heterocycles. The van der Waals surface area contributed by atoms with Crippen molar-refractivity contribution in [3.05, 3.63) is 0 Å². The predicted molar refractivity (Wildman–Crippen MR) is 59.6 cm³/mol. The third-order valence-corrected chi connectivity index (χ3v) is 2.00. The summed E-state index contributed by atoms with van der Waals surface area (Å²) in [5, 5.41) is 11.8. The highest BCUT2D eigenvalue weighted by Crippen LogP contribution is 2.02. The van der Waals surface area contributed by atoms with E-state index < -0.39 is 0 Å². The van der Waals surface area contributed by atoms with Gasteiger partial charge in [-0.25, -0.2) is 0 Å². The Morgan fingerprint density at radius 2 is 2.07 bits per heavy atom. The zero-order valence-corrected chi connectivity index (χ0v) is 9.95. The summed E-state index contributed by atoms with van der Waals surface area (Å²) in [7, 11) is 0. The highest BCUT2D eigenvalue weighted by Gasteiger charge is 2.04. The number of rotatable bonds is 8. The molecular weight excluding hydrogens is 194 g/mol. The minimum atomic E-state index is -0.208. The normalized spacial score (nSPS) is 12.9. The summed E-state index contributed by atoms with van der Waals surface area (Å²) in [6.07, 6.45) is 1.90. The monoisotopic (exact) mass is 217 g/mol. The summed E-state index contributed by atoms with van der Waals surface area (Å²) in [5.41, 5.74) is 0. The van der Waals surface area contributed by atoms with Crippen molar-refractivity contribution in [2.75, 3.05) is 19.7 Å². The van der Waals surface area contributed by atoms with Gasteiger partial charge >= 0.3 is 5.97 Å². The van der Waals surface area contributed by atoms with Gasteiger partial charge in [0.15, 0.2) is 0 Å². The van der Waals surface area contributed by atoms with E-state index in [-0.39, 0.29) is 25.2 Å². The minimum Gasteiger partial charge on any atom is -0.462 e. The molecular formula is C11H23NO3. The largest absolute Gasteiger partial charge is 0.462 e. The third-order valence-electron chi connectivity index (χ3n) is 2.00. The van der Waals surface area contributed by atoms with E-state index in [1.54, 1.807) is 0 Å². The molecule has 15 heavy (non-hydrogen) atoms. The van der Waals surface area contributed by atoms with Gasteiger partial charge in [-0.3, -0.25) is 4.79 Å². The Kier molecular flexibility index (Phi) is 8.33. The molecule has 0 saturated carbocycles. The van der Waals surface area contributed by atoms with Crippen molar-refractivity contribution in [1.29, 1.82) is 0 Å². The van der Waals surface area contributed by atoms with E-state index >= 15 is 0 Å². The first kappa shape index (κ1) is 14.4. The molecule has 4 nitrogen and oxygen atoms in total. The quantitative estimate of drug-likeness (QED) is 0.469. The van der Waals surface area contributed by atoms with E-state index in [0.29, 0.717) is 5.92 Å². The second kappa shape index (κ2) is 8.68. The molecule has 0 bridgehead atoms. The number of carbonyl (C=O) groups is 1. The van der Waals surface area contributed by atoms with Crippen molar-refractivity contribution in [2.24, 2.45) is 5.92 Å². The van der Waals surface area contributed by atoms with Crippen LogP contribution in [0.1, 0.15) is 33.6 Å². The van der Waals surface area contributed by atoms with Gasteiger partial charge in [-0.05, 0) is 39.2 Å². The molecule has 1 atom stereocenters. The molecule has 0 saturated heterocycles. The van der Waals surface area contributed by atoms with Crippen LogP contribution in [0.2, 0.25) is 0 Å². The summed E-state index contributed by atoms with van der Waals surface area (Å²) in [5.74, 6) is 0.134. The van der Waals surface area contributed by atoms with E-state index in [1.807, 2.05) is 20.8 Å². The van der Waals surface area contributed by atoms with E-state index in [2.05, 4.69) is 5.32 Å². The van der Waals surface area contributed by atoms with Crippen LogP contribution in [0.15, 0.2) is 0 Å². The van der Waals surface area contributed by atoms with Gasteiger partial charge in [0.2, 0.25) is 0 Å². The molecule has 0 spiro atoms. The lowest BCUT2D eigenvalue weighted by Gasteiger charge is -2.09. The van der Waals surface area contributed by atoms with Gasteiger partial charge in [-0.1, -0.05) is 6.92 Å². The summed E-state index contributed by atoms with van der Waals surface area (Å²) in [4.78, 5) is 11.1. The third kappa shape index (κ3) is 9.69. The van der Waals surface area contributed by atoms with Gasteiger partial charge in [0, 0.05) is 6.61 Å². The lowest BCUT2D eigenvalue weighted by molar-refractivity contribution is -0.146. The van der Waals surface area contributed by atoms with E-state index in [0.717, 1.165) is 19.4 Å². The van der Waals surface area contributed by atoms with E-state index in [9.17, 15) is 4.79 Å². The molecule has 0 heterocycles. The number of nitrogens with one attached hydrogen (secondary N) is 1. The molecule has 0 aliphatic rings. The lowest BCUT2D eigenvalue weighted by Crippen LogP contribution is -2.27. The first-order valence-corrected chi connectivity index (χ1v) is 5.57. The van der Waals surface area contributed by atoms with E-state index in [4.69, 9.17) is 9.84 Å². The Labute approximate surface area is 92.0 Å². The zero-order chi connectivity index (χ0) is 11.7. The fourth-order valence-corrected chi connectivity index (χ4v) is 1.16. The van der Waals surface area contributed by atoms with Crippen LogP contribution in [0.4, 0.5) is 0 Å². The maximum atomic E-state index is 11.1. The maximum absolute atomic E-state index is 11.1. The van der Waals surface area contributed by atoms with Gasteiger partial charge in [-0.2, -0.15) is 0 Å². The molecule has 0 aromatic rings. The average Bonchev–Trinajstić information content (AvgIpc) is 2.15. The second-order valence-corrected chi connectivity index (χ2v) is 4.15. The Morgan fingerprint density at radius 3 is 2.60 bits per heavy atom. The predicted octanol–water partition coefficient (Wildman–Crippen LogP) is 0.936. The molecule has 4 heteroatoms. The zero-order valence-electron chi connectivity index (χ0n) is 9.95.